The normalized spacial score (nSPS) is 10.4. The summed E-state index contributed by atoms with van der Waals surface area (Å²) in [5.41, 5.74) is 3.99. The summed E-state index contributed by atoms with van der Waals surface area (Å²) in [4.78, 5) is 13.0. The predicted molar refractivity (Wildman–Crippen MR) is 87.6 cm³/mol. The Morgan fingerprint density at radius 3 is 2.48 bits per heavy atom. The van der Waals surface area contributed by atoms with Crippen molar-refractivity contribution < 1.29 is 9.90 Å². The SMILES string of the molecule is Cc1ccc(NC(=O)CSc2ccc(CO)cc2)c(C)c1. The molecule has 110 valence electrons. The van der Waals surface area contributed by atoms with Crippen molar-refractivity contribution in [2.24, 2.45) is 0 Å². The Morgan fingerprint density at radius 2 is 1.86 bits per heavy atom. The number of carbonyl (C=O) groups excluding carboxylic acids is 1. The van der Waals surface area contributed by atoms with E-state index in [1.54, 1.807) is 0 Å². The van der Waals surface area contributed by atoms with Crippen molar-refractivity contribution in [3.8, 4) is 0 Å². The monoisotopic (exact) mass is 301 g/mol. The van der Waals surface area contributed by atoms with Crippen LogP contribution in [0, 0.1) is 13.8 Å². The maximum absolute atomic E-state index is 12.0. The van der Waals surface area contributed by atoms with E-state index in [0.717, 1.165) is 21.7 Å². The lowest BCUT2D eigenvalue weighted by atomic mass is 10.1. The third-order valence-corrected chi connectivity index (χ3v) is 4.14. The van der Waals surface area contributed by atoms with E-state index >= 15 is 0 Å². The summed E-state index contributed by atoms with van der Waals surface area (Å²) in [5, 5.41) is 11.9. The van der Waals surface area contributed by atoms with Gasteiger partial charge in [-0.25, -0.2) is 0 Å². The van der Waals surface area contributed by atoms with Gasteiger partial charge in [-0.2, -0.15) is 0 Å². The van der Waals surface area contributed by atoms with Gasteiger partial charge in [0.1, 0.15) is 0 Å². The van der Waals surface area contributed by atoms with Gasteiger partial charge in [0, 0.05) is 10.6 Å². The van der Waals surface area contributed by atoms with Gasteiger partial charge in [0.2, 0.25) is 5.91 Å². The number of rotatable bonds is 5. The van der Waals surface area contributed by atoms with E-state index in [4.69, 9.17) is 5.11 Å². The van der Waals surface area contributed by atoms with Crippen molar-refractivity contribution in [1.82, 2.24) is 0 Å². The molecule has 0 radical (unpaired) electrons. The van der Waals surface area contributed by atoms with Gasteiger partial charge in [-0.1, -0.05) is 29.8 Å². The Morgan fingerprint density at radius 1 is 1.14 bits per heavy atom. The van der Waals surface area contributed by atoms with E-state index in [1.807, 2.05) is 50.2 Å². The van der Waals surface area contributed by atoms with Crippen LogP contribution in [0.4, 0.5) is 5.69 Å². The van der Waals surface area contributed by atoms with Gasteiger partial charge in [0.25, 0.3) is 0 Å². The Balaban J connectivity index is 1.89. The second-order valence-electron chi connectivity index (χ2n) is 4.96. The first-order chi connectivity index (χ1) is 10.1. The van der Waals surface area contributed by atoms with Crippen LogP contribution in [0.1, 0.15) is 16.7 Å². The lowest BCUT2D eigenvalue weighted by Crippen LogP contribution is -2.14. The highest BCUT2D eigenvalue weighted by Gasteiger charge is 2.06. The molecule has 3 nitrogen and oxygen atoms in total. The summed E-state index contributed by atoms with van der Waals surface area (Å²) < 4.78 is 0. The molecule has 0 heterocycles. The first-order valence-electron chi connectivity index (χ1n) is 6.78. The molecule has 0 aliphatic carbocycles. The van der Waals surface area contributed by atoms with Crippen molar-refractivity contribution in [2.75, 3.05) is 11.1 Å². The van der Waals surface area contributed by atoms with Crippen LogP contribution in [0.15, 0.2) is 47.4 Å². The van der Waals surface area contributed by atoms with E-state index in [9.17, 15) is 4.79 Å². The minimum atomic E-state index is -0.0156. The number of hydrogen-bond acceptors (Lipinski definition) is 3. The molecule has 0 saturated carbocycles. The standard InChI is InChI=1S/C17H19NO2S/c1-12-3-8-16(13(2)9-12)18-17(20)11-21-15-6-4-14(10-19)5-7-15/h3-9,19H,10-11H2,1-2H3,(H,18,20). The number of benzene rings is 2. The molecule has 0 aliphatic rings. The number of aryl methyl sites for hydroxylation is 2. The molecule has 0 atom stereocenters. The fourth-order valence-electron chi connectivity index (χ4n) is 1.98. The largest absolute Gasteiger partial charge is 0.392 e. The van der Waals surface area contributed by atoms with E-state index < -0.39 is 0 Å². The fraction of sp³-hybridized carbons (Fsp3) is 0.235. The molecular weight excluding hydrogens is 282 g/mol. The van der Waals surface area contributed by atoms with Gasteiger partial charge < -0.3 is 10.4 Å². The van der Waals surface area contributed by atoms with E-state index in [1.165, 1.54) is 17.3 Å². The zero-order valence-corrected chi connectivity index (χ0v) is 13.0. The molecule has 4 heteroatoms. The number of thioether (sulfide) groups is 1. The minimum Gasteiger partial charge on any atom is -0.392 e. The predicted octanol–water partition coefficient (Wildman–Crippen LogP) is 3.53. The molecule has 2 rings (SSSR count). The van der Waals surface area contributed by atoms with Gasteiger partial charge in [0.15, 0.2) is 0 Å². The summed E-state index contributed by atoms with van der Waals surface area (Å²) in [5.74, 6) is 0.351. The fourth-order valence-corrected chi connectivity index (χ4v) is 2.68. The van der Waals surface area contributed by atoms with Crippen molar-refractivity contribution in [3.63, 3.8) is 0 Å². The highest BCUT2D eigenvalue weighted by Crippen LogP contribution is 2.20. The highest BCUT2D eigenvalue weighted by molar-refractivity contribution is 8.00. The van der Waals surface area contributed by atoms with Crippen LogP contribution < -0.4 is 5.32 Å². The van der Waals surface area contributed by atoms with Crippen LogP contribution >= 0.6 is 11.8 Å². The molecule has 2 aromatic carbocycles. The Bertz CT molecular complexity index is 623. The van der Waals surface area contributed by atoms with Crippen molar-refractivity contribution >= 4 is 23.4 Å². The summed E-state index contributed by atoms with van der Waals surface area (Å²) in [7, 11) is 0. The number of aliphatic hydroxyl groups excluding tert-OH is 1. The molecule has 0 fully saturated rings. The maximum atomic E-state index is 12.0. The molecule has 2 N–H and O–H groups in total. The van der Waals surface area contributed by atoms with Crippen LogP contribution in [-0.4, -0.2) is 16.8 Å². The topological polar surface area (TPSA) is 49.3 Å². The van der Waals surface area contributed by atoms with Gasteiger partial charge >= 0.3 is 0 Å². The van der Waals surface area contributed by atoms with E-state index in [2.05, 4.69) is 11.4 Å². The second-order valence-corrected chi connectivity index (χ2v) is 6.01. The third-order valence-electron chi connectivity index (χ3n) is 3.13. The minimum absolute atomic E-state index is 0.0156. The third kappa shape index (κ3) is 4.62. The molecule has 0 aromatic heterocycles. The Kier molecular flexibility index (Phi) is 5.42. The molecule has 1 amide bonds. The maximum Gasteiger partial charge on any atom is 0.234 e. The van der Waals surface area contributed by atoms with Crippen molar-refractivity contribution in [1.29, 1.82) is 0 Å². The van der Waals surface area contributed by atoms with Crippen LogP contribution in [0.3, 0.4) is 0 Å². The molecule has 2 aromatic rings. The summed E-state index contributed by atoms with van der Waals surface area (Å²) in [6.07, 6.45) is 0. The first-order valence-corrected chi connectivity index (χ1v) is 7.77. The highest BCUT2D eigenvalue weighted by atomic mass is 32.2. The number of nitrogens with one attached hydrogen (secondary N) is 1. The number of hydrogen-bond donors (Lipinski definition) is 2. The number of anilines is 1. The summed E-state index contributed by atoms with van der Waals surface area (Å²) in [6, 6.07) is 13.5. The summed E-state index contributed by atoms with van der Waals surface area (Å²) in [6.45, 7) is 4.06. The number of carbonyl (C=O) groups is 1. The van der Waals surface area contributed by atoms with Crippen LogP contribution in [0.25, 0.3) is 0 Å². The van der Waals surface area contributed by atoms with Gasteiger partial charge in [0.05, 0.1) is 12.4 Å². The van der Waals surface area contributed by atoms with Crippen molar-refractivity contribution in [3.05, 3.63) is 59.2 Å². The average Bonchev–Trinajstić information content (AvgIpc) is 2.48. The number of amides is 1. The van der Waals surface area contributed by atoms with Crippen LogP contribution in [-0.2, 0) is 11.4 Å². The molecule has 0 bridgehead atoms. The smallest absolute Gasteiger partial charge is 0.234 e. The van der Waals surface area contributed by atoms with Crippen LogP contribution in [0.5, 0.6) is 0 Å². The second kappa shape index (κ2) is 7.29. The van der Waals surface area contributed by atoms with Gasteiger partial charge in [-0.15, -0.1) is 11.8 Å². The lowest BCUT2D eigenvalue weighted by molar-refractivity contribution is -0.113. The Labute approximate surface area is 129 Å². The van der Waals surface area contributed by atoms with Crippen LogP contribution in [0.2, 0.25) is 0 Å². The zero-order chi connectivity index (χ0) is 15.2. The van der Waals surface area contributed by atoms with Crippen molar-refractivity contribution in [2.45, 2.75) is 25.3 Å². The molecule has 0 aliphatic heterocycles. The zero-order valence-electron chi connectivity index (χ0n) is 12.2. The molecule has 0 unspecified atom stereocenters. The van der Waals surface area contributed by atoms with Gasteiger partial charge in [-0.05, 0) is 43.2 Å². The molecule has 0 spiro atoms. The quantitative estimate of drug-likeness (QED) is 0.831. The Hall–Kier alpha value is -1.78. The van der Waals surface area contributed by atoms with Gasteiger partial charge in [-0.3, -0.25) is 4.79 Å². The van der Waals surface area contributed by atoms with E-state index in [-0.39, 0.29) is 12.5 Å². The first kappa shape index (κ1) is 15.6. The lowest BCUT2D eigenvalue weighted by Gasteiger charge is -2.09. The summed E-state index contributed by atoms with van der Waals surface area (Å²) >= 11 is 1.48. The molecule has 21 heavy (non-hydrogen) atoms. The molecule has 0 saturated heterocycles. The molecular formula is C17H19NO2S. The van der Waals surface area contributed by atoms with E-state index in [0.29, 0.717) is 5.75 Å². The number of aliphatic hydroxyl groups is 1. The average molecular weight is 301 g/mol.